The Bertz CT molecular complexity index is 1160. The van der Waals surface area contributed by atoms with E-state index in [4.69, 9.17) is 12.2 Å². The number of benzene rings is 1. The molecular weight excluding hydrogens is 501 g/mol. The molecule has 0 bridgehead atoms. The SMILES string of the molecule is CCN1C(=CC=C2C=[N+](CC)[C-](c3sc(=S)n(CC)c3[O-])S2=O)[Se]c2ccccc21. The second-order valence-electron chi connectivity index (χ2n) is 6.62. The average molecular weight is 524 g/mol. The number of fused-ring (bicyclic) bond motifs is 1. The van der Waals surface area contributed by atoms with Gasteiger partial charge in [0.2, 0.25) is 0 Å². The first-order valence-corrected chi connectivity index (χ1v) is 13.9. The zero-order valence-electron chi connectivity index (χ0n) is 17.0. The monoisotopic (exact) mass is 524 g/mol. The topological polar surface area (TPSA) is 51.3 Å². The van der Waals surface area contributed by atoms with E-state index >= 15 is 0 Å². The predicted molar refractivity (Wildman–Crippen MR) is 127 cm³/mol. The number of hydrogen-bond donors (Lipinski definition) is 0. The van der Waals surface area contributed by atoms with Gasteiger partial charge in [0.15, 0.2) is 0 Å². The molecule has 158 valence electrons. The molecular formula is C21H22N3O2S3Se-. The third-order valence-corrected chi connectivity index (χ3v) is 10.4. The van der Waals surface area contributed by atoms with Crippen molar-refractivity contribution in [1.29, 1.82) is 0 Å². The van der Waals surface area contributed by atoms with Gasteiger partial charge in [-0.2, -0.15) is 0 Å². The van der Waals surface area contributed by atoms with Crippen LogP contribution < -0.4 is 14.5 Å². The molecule has 2 aliphatic rings. The summed E-state index contributed by atoms with van der Waals surface area (Å²) in [7, 11) is -1.41. The van der Waals surface area contributed by atoms with Crippen molar-refractivity contribution in [1.82, 2.24) is 4.57 Å². The Labute approximate surface area is 194 Å². The molecule has 0 amide bonds. The molecule has 0 aliphatic carbocycles. The van der Waals surface area contributed by atoms with E-state index in [1.807, 2.05) is 30.7 Å². The third kappa shape index (κ3) is 3.63. The van der Waals surface area contributed by atoms with Gasteiger partial charge in [-0.3, -0.25) is 0 Å². The molecule has 9 heteroatoms. The zero-order valence-corrected chi connectivity index (χ0v) is 21.1. The average Bonchev–Trinajstić information content (AvgIpc) is 3.36. The minimum atomic E-state index is -1.41. The second kappa shape index (κ2) is 8.85. The van der Waals surface area contributed by atoms with Crippen molar-refractivity contribution in [3.8, 4) is 5.88 Å². The minimum absolute atomic E-state index is 0.144. The van der Waals surface area contributed by atoms with Gasteiger partial charge in [-0.05, 0) is 0 Å². The number of allylic oxidation sites excluding steroid dienone is 3. The molecule has 1 unspecified atom stereocenters. The van der Waals surface area contributed by atoms with Crippen molar-refractivity contribution >= 4 is 65.7 Å². The third-order valence-electron chi connectivity index (χ3n) is 4.98. The summed E-state index contributed by atoms with van der Waals surface area (Å²) in [6.07, 6.45) is 5.92. The van der Waals surface area contributed by atoms with Crippen LogP contribution in [0.2, 0.25) is 0 Å². The van der Waals surface area contributed by atoms with Crippen molar-refractivity contribution in [3.05, 3.63) is 60.1 Å². The molecule has 1 atom stereocenters. The van der Waals surface area contributed by atoms with Crippen LogP contribution in [0.15, 0.2) is 45.9 Å². The Kier molecular flexibility index (Phi) is 6.36. The Morgan fingerprint density at radius 2 is 2.03 bits per heavy atom. The van der Waals surface area contributed by atoms with E-state index in [2.05, 4.69) is 42.2 Å². The molecule has 0 saturated carbocycles. The molecule has 0 N–H and O–H groups in total. The summed E-state index contributed by atoms with van der Waals surface area (Å²) >= 11 is 6.81. The Morgan fingerprint density at radius 3 is 2.70 bits per heavy atom. The number of rotatable bonds is 5. The Balaban J connectivity index is 1.68. The second-order valence-corrected chi connectivity index (χ2v) is 11.9. The van der Waals surface area contributed by atoms with E-state index in [1.54, 1.807) is 4.57 Å². The van der Waals surface area contributed by atoms with Gasteiger partial charge in [0.1, 0.15) is 0 Å². The molecule has 5 nitrogen and oxygen atoms in total. The van der Waals surface area contributed by atoms with Gasteiger partial charge in [0.25, 0.3) is 0 Å². The number of thiazole rings is 1. The van der Waals surface area contributed by atoms with Gasteiger partial charge >= 0.3 is 195 Å². The van der Waals surface area contributed by atoms with E-state index < -0.39 is 10.8 Å². The summed E-state index contributed by atoms with van der Waals surface area (Å²) in [5.41, 5.74) is 1.26. The summed E-state index contributed by atoms with van der Waals surface area (Å²) in [4.78, 5) is 3.51. The van der Waals surface area contributed by atoms with Crippen molar-refractivity contribution in [2.75, 3.05) is 18.0 Å². The molecule has 4 rings (SSSR count). The maximum atomic E-state index is 13.3. The molecule has 1 aromatic heterocycles. The van der Waals surface area contributed by atoms with Crippen LogP contribution in [0.25, 0.3) is 0 Å². The van der Waals surface area contributed by atoms with Crippen LogP contribution in [0.3, 0.4) is 0 Å². The van der Waals surface area contributed by atoms with E-state index in [9.17, 15) is 9.32 Å². The van der Waals surface area contributed by atoms with Gasteiger partial charge in [-0.25, -0.2) is 0 Å². The summed E-state index contributed by atoms with van der Waals surface area (Å²) in [5.74, 6) is -0.144. The summed E-state index contributed by atoms with van der Waals surface area (Å²) < 4.78 is 20.0. The molecule has 30 heavy (non-hydrogen) atoms. The van der Waals surface area contributed by atoms with Crippen molar-refractivity contribution in [3.63, 3.8) is 0 Å². The Morgan fingerprint density at radius 1 is 1.27 bits per heavy atom. The molecule has 2 aromatic rings. The van der Waals surface area contributed by atoms with E-state index in [0.29, 0.717) is 32.2 Å². The number of para-hydroxylation sites is 1. The van der Waals surface area contributed by atoms with Gasteiger partial charge in [0, 0.05) is 0 Å². The number of anilines is 1. The number of aromatic nitrogens is 1. The van der Waals surface area contributed by atoms with Gasteiger partial charge in [-0.1, -0.05) is 0 Å². The molecule has 0 spiro atoms. The summed E-state index contributed by atoms with van der Waals surface area (Å²) in [5, 5.41) is 13.3. The molecule has 0 fully saturated rings. The fourth-order valence-corrected chi connectivity index (χ4v) is 8.86. The molecule has 0 saturated heterocycles. The number of hydrogen-bond acceptors (Lipinski definition) is 5. The first-order valence-electron chi connectivity index (χ1n) is 9.77. The van der Waals surface area contributed by atoms with Crippen molar-refractivity contribution in [2.45, 2.75) is 27.3 Å². The maximum absolute atomic E-state index is 13.3. The summed E-state index contributed by atoms with van der Waals surface area (Å²) in [6.45, 7) is 8.09. The quantitative estimate of drug-likeness (QED) is 0.262. The van der Waals surface area contributed by atoms with Gasteiger partial charge in [-0.15, -0.1) is 0 Å². The van der Waals surface area contributed by atoms with Crippen LogP contribution in [-0.4, -0.2) is 47.6 Å². The van der Waals surface area contributed by atoms with Crippen LogP contribution in [0.4, 0.5) is 5.69 Å². The normalized spacial score (nSPS) is 21.0. The van der Waals surface area contributed by atoms with Crippen LogP contribution in [0, 0.1) is 9.33 Å². The fourth-order valence-electron chi connectivity index (χ4n) is 3.49. The van der Waals surface area contributed by atoms with Crippen molar-refractivity contribution < 1.29 is 13.9 Å². The van der Waals surface area contributed by atoms with Gasteiger partial charge in [0.05, 0.1) is 0 Å². The molecule has 3 heterocycles. The van der Waals surface area contributed by atoms with Crippen LogP contribution >= 0.6 is 23.6 Å². The van der Waals surface area contributed by atoms with Gasteiger partial charge < -0.3 is 0 Å². The zero-order chi connectivity index (χ0) is 21.4. The van der Waals surface area contributed by atoms with E-state index in [-0.39, 0.29) is 20.8 Å². The standard InChI is InChI=1S/C21H23N3O2S3Se/c1-4-22-13-14(29(26)20(22)18-19(25)24(6-3)21(27)28-18)11-12-17-23(5-2)15-9-7-8-10-16(15)30-17/h7-13,25H,4-6H2,1-3H3/p-1. The van der Waals surface area contributed by atoms with Crippen LogP contribution in [-0.2, 0) is 17.3 Å². The first-order chi connectivity index (χ1) is 14.5. The summed E-state index contributed by atoms with van der Waals surface area (Å²) in [6, 6.07) is 8.48. The Hall–Kier alpha value is -1.64. The predicted octanol–water partition coefficient (Wildman–Crippen LogP) is 2.67. The first kappa shape index (κ1) is 21.6. The molecule has 1 aromatic carbocycles. The van der Waals surface area contributed by atoms with E-state index in [0.717, 1.165) is 6.54 Å². The molecule has 0 radical (unpaired) electrons. The van der Waals surface area contributed by atoms with Crippen LogP contribution in [0.5, 0.6) is 5.88 Å². The molecule has 2 aliphatic heterocycles. The van der Waals surface area contributed by atoms with Crippen LogP contribution in [0.1, 0.15) is 25.6 Å². The fraction of sp³-hybridized carbons (Fsp3) is 0.286. The van der Waals surface area contributed by atoms with E-state index in [1.165, 1.54) is 26.1 Å². The van der Waals surface area contributed by atoms with Crippen molar-refractivity contribution in [2.24, 2.45) is 0 Å². The number of nitrogens with zero attached hydrogens (tertiary/aromatic N) is 3.